The van der Waals surface area contributed by atoms with Crippen molar-refractivity contribution in [2.24, 2.45) is 7.05 Å². The molecule has 0 bridgehead atoms. The first-order chi connectivity index (χ1) is 12.0. The van der Waals surface area contributed by atoms with Gasteiger partial charge in [0.05, 0.1) is 6.54 Å². The fourth-order valence-electron chi connectivity index (χ4n) is 2.72. The molecule has 0 spiro atoms. The Balaban J connectivity index is 1.82. The van der Waals surface area contributed by atoms with Gasteiger partial charge in [0.15, 0.2) is 5.78 Å². The third-order valence-corrected chi connectivity index (χ3v) is 4.31. The van der Waals surface area contributed by atoms with E-state index in [9.17, 15) is 9.59 Å². The fraction of sp³-hybridized carbons (Fsp3) is 0.211. The molecular weight excluding hydrogens is 318 g/mol. The predicted molar refractivity (Wildman–Crippen MR) is 93.4 cm³/mol. The molecule has 0 aliphatic carbocycles. The van der Waals surface area contributed by atoms with Crippen LogP contribution in [0.2, 0.25) is 0 Å². The number of hydrogen-bond donors (Lipinski definition) is 0. The molecule has 0 unspecified atom stereocenters. The minimum atomic E-state index is -0.399. The first kappa shape index (κ1) is 16.5. The Labute approximate surface area is 145 Å². The van der Waals surface area contributed by atoms with E-state index < -0.39 is 6.09 Å². The molecule has 0 saturated carbocycles. The maximum Gasteiger partial charge on any atom is 0.414 e. The second-order valence-electron chi connectivity index (χ2n) is 5.76. The second-order valence-corrected chi connectivity index (χ2v) is 5.76. The van der Waals surface area contributed by atoms with Crippen molar-refractivity contribution in [3.63, 3.8) is 0 Å². The molecule has 25 heavy (non-hydrogen) atoms. The zero-order chi connectivity index (χ0) is 18.0. The Kier molecular flexibility index (Phi) is 4.40. The average molecular weight is 335 g/mol. The molecule has 0 atom stereocenters. The molecule has 2 heterocycles. The van der Waals surface area contributed by atoms with Gasteiger partial charge < -0.3 is 9.30 Å². The highest BCUT2D eigenvalue weighted by atomic mass is 16.6. The molecule has 0 radical (unpaired) electrons. The quantitative estimate of drug-likeness (QED) is 0.636. The van der Waals surface area contributed by atoms with Crippen LogP contribution in [0.1, 0.15) is 27.3 Å². The Bertz CT molecular complexity index is 918. The molecule has 6 heteroatoms. The van der Waals surface area contributed by atoms with E-state index in [1.807, 2.05) is 14.0 Å². The van der Waals surface area contributed by atoms with Crippen molar-refractivity contribution in [3.8, 4) is 6.07 Å². The van der Waals surface area contributed by atoms with Crippen LogP contribution in [0, 0.1) is 18.3 Å². The number of hydrogen-bond acceptors (Lipinski definition) is 4. The van der Waals surface area contributed by atoms with E-state index in [1.165, 1.54) is 11.0 Å². The third-order valence-electron chi connectivity index (χ3n) is 4.31. The number of rotatable bonds is 4. The number of amides is 1. The van der Waals surface area contributed by atoms with E-state index in [4.69, 9.17) is 10.00 Å². The molecule has 1 saturated heterocycles. The highest BCUT2D eigenvalue weighted by Crippen LogP contribution is 2.21. The zero-order valence-electron chi connectivity index (χ0n) is 14.0. The number of nitriles is 1. The van der Waals surface area contributed by atoms with Gasteiger partial charge >= 0.3 is 6.09 Å². The molecule has 1 aliphatic rings. The van der Waals surface area contributed by atoms with Crippen LogP contribution in [-0.2, 0) is 11.8 Å². The Morgan fingerprint density at radius 2 is 2.16 bits per heavy atom. The molecular formula is C19H17N3O3. The molecule has 1 aromatic carbocycles. The van der Waals surface area contributed by atoms with Crippen LogP contribution in [0.25, 0.3) is 6.08 Å². The van der Waals surface area contributed by atoms with Crippen molar-refractivity contribution in [1.29, 1.82) is 5.26 Å². The van der Waals surface area contributed by atoms with E-state index in [-0.39, 0.29) is 5.78 Å². The summed E-state index contributed by atoms with van der Waals surface area (Å²) >= 11 is 0. The van der Waals surface area contributed by atoms with Gasteiger partial charge in [0.2, 0.25) is 0 Å². The maximum atomic E-state index is 12.4. The molecule has 1 fully saturated rings. The number of cyclic esters (lactones) is 1. The Hall–Kier alpha value is -3.33. The number of anilines is 1. The van der Waals surface area contributed by atoms with Gasteiger partial charge in [-0.2, -0.15) is 5.26 Å². The van der Waals surface area contributed by atoms with Crippen molar-refractivity contribution < 1.29 is 14.3 Å². The van der Waals surface area contributed by atoms with Crippen LogP contribution in [0.5, 0.6) is 0 Å². The Morgan fingerprint density at radius 3 is 2.80 bits per heavy atom. The van der Waals surface area contributed by atoms with E-state index >= 15 is 0 Å². The number of carbonyl (C=O) groups is 2. The molecule has 1 aromatic heterocycles. The number of benzene rings is 1. The SMILES string of the molecule is Cc1c(/C=C/C(=O)c2cccc(N3CCOC3=O)c2)cc(C#N)n1C. The Morgan fingerprint density at radius 1 is 1.36 bits per heavy atom. The van der Waals surface area contributed by atoms with Crippen LogP contribution in [0.15, 0.2) is 36.4 Å². The van der Waals surface area contributed by atoms with Gasteiger partial charge in [-0.3, -0.25) is 9.69 Å². The van der Waals surface area contributed by atoms with Gasteiger partial charge in [0, 0.05) is 24.0 Å². The van der Waals surface area contributed by atoms with Crippen molar-refractivity contribution in [3.05, 3.63) is 58.9 Å². The van der Waals surface area contributed by atoms with Crippen LogP contribution in [0.4, 0.5) is 10.5 Å². The normalized spacial score (nSPS) is 14.0. The summed E-state index contributed by atoms with van der Waals surface area (Å²) in [5, 5.41) is 9.06. The van der Waals surface area contributed by atoms with Gasteiger partial charge in [-0.15, -0.1) is 0 Å². The lowest BCUT2D eigenvalue weighted by Gasteiger charge is -2.13. The van der Waals surface area contributed by atoms with Crippen LogP contribution >= 0.6 is 0 Å². The van der Waals surface area contributed by atoms with Gasteiger partial charge in [0.1, 0.15) is 18.4 Å². The van der Waals surface area contributed by atoms with E-state index in [2.05, 4.69) is 6.07 Å². The first-order valence-corrected chi connectivity index (χ1v) is 7.84. The minimum absolute atomic E-state index is 0.170. The summed E-state index contributed by atoms with van der Waals surface area (Å²) in [7, 11) is 1.81. The summed E-state index contributed by atoms with van der Waals surface area (Å²) in [6.45, 7) is 2.72. The number of ether oxygens (including phenoxy) is 1. The average Bonchev–Trinajstić information content (AvgIpc) is 3.17. The molecule has 6 nitrogen and oxygen atoms in total. The molecule has 1 aliphatic heterocycles. The number of carbonyl (C=O) groups excluding carboxylic acids is 2. The summed E-state index contributed by atoms with van der Waals surface area (Å²) in [5.74, 6) is -0.170. The second kappa shape index (κ2) is 6.65. The van der Waals surface area contributed by atoms with Gasteiger partial charge in [-0.1, -0.05) is 12.1 Å². The van der Waals surface area contributed by atoms with E-state index in [0.717, 1.165) is 11.3 Å². The minimum Gasteiger partial charge on any atom is -0.447 e. The van der Waals surface area contributed by atoms with Crippen LogP contribution in [-0.4, -0.2) is 29.6 Å². The van der Waals surface area contributed by atoms with Crippen molar-refractivity contribution in [2.75, 3.05) is 18.1 Å². The molecule has 2 aromatic rings. The molecule has 3 rings (SSSR count). The lowest BCUT2D eigenvalue weighted by molar-refractivity contribution is 0.104. The number of allylic oxidation sites excluding steroid dienone is 1. The summed E-state index contributed by atoms with van der Waals surface area (Å²) in [4.78, 5) is 25.6. The van der Waals surface area contributed by atoms with Crippen LogP contribution in [0.3, 0.4) is 0 Å². The number of aromatic nitrogens is 1. The summed E-state index contributed by atoms with van der Waals surface area (Å²) in [6.07, 6.45) is 2.78. The lowest BCUT2D eigenvalue weighted by Crippen LogP contribution is -2.23. The zero-order valence-corrected chi connectivity index (χ0v) is 14.0. The molecule has 1 amide bonds. The largest absolute Gasteiger partial charge is 0.447 e. The molecule has 0 N–H and O–H groups in total. The monoisotopic (exact) mass is 335 g/mol. The smallest absolute Gasteiger partial charge is 0.414 e. The molecule has 126 valence electrons. The first-order valence-electron chi connectivity index (χ1n) is 7.84. The highest BCUT2D eigenvalue weighted by Gasteiger charge is 2.23. The standard InChI is InChI=1S/C19H17N3O3/c1-13-14(10-17(12-20)21(13)2)6-7-18(23)15-4-3-5-16(11-15)22-8-9-25-19(22)24/h3-7,10-11H,8-9H2,1-2H3/b7-6+. The summed E-state index contributed by atoms with van der Waals surface area (Å²) in [5.41, 5.74) is 3.41. The van der Waals surface area contributed by atoms with Crippen molar-refractivity contribution in [1.82, 2.24) is 4.57 Å². The predicted octanol–water partition coefficient (Wildman–Crippen LogP) is 3.06. The summed E-state index contributed by atoms with van der Waals surface area (Å²) in [6, 6.07) is 10.8. The van der Waals surface area contributed by atoms with Crippen molar-refractivity contribution >= 4 is 23.6 Å². The van der Waals surface area contributed by atoms with Gasteiger partial charge in [-0.05, 0) is 42.8 Å². The summed E-state index contributed by atoms with van der Waals surface area (Å²) < 4.78 is 6.70. The van der Waals surface area contributed by atoms with Gasteiger partial charge in [-0.25, -0.2) is 4.79 Å². The highest BCUT2D eigenvalue weighted by molar-refractivity contribution is 6.07. The fourth-order valence-corrected chi connectivity index (χ4v) is 2.72. The van der Waals surface area contributed by atoms with E-state index in [1.54, 1.807) is 41.0 Å². The lowest BCUT2D eigenvalue weighted by atomic mass is 10.1. The van der Waals surface area contributed by atoms with Crippen LogP contribution < -0.4 is 4.90 Å². The van der Waals surface area contributed by atoms with Crippen molar-refractivity contribution in [2.45, 2.75) is 6.92 Å². The topological polar surface area (TPSA) is 75.3 Å². The maximum absolute atomic E-state index is 12.4. The third kappa shape index (κ3) is 3.17. The van der Waals surface area contributed by atoms with E-state index in [0.29, 0.717) is 30.1 Å². The van der Waals surface area contributed by atoms with Gasteiger partial charge in [0.25, 0.3) is 0 Å². The number of nitrogens with zero attached hydrogens (tertiary/aromatic N) is 3. The number of ketones is 1.